The first-order valence-corrected chi connectivity index (χ1v) is 7.98. The number of rotatable bonds is 4. The second-order valence-electron chi connectivity index (χ2n) is 5.61. The topological polar surface area (TPSA) is 63.4 Å². The normalized spacial score (nSPS) is 12.7. The molecule has 0 radical (unpaired) electrons. The number of aromatic amines is 1. The number of fused-ring (bicyclic) bond motifs is 2. The molecule has 1 aliphatic heterocycles. The summed E-state index contributed by atoms with van der Waals surface area (Å²) in [6, 6.07) is 13.2. The summed E-state index contributed by atoms with van der Waals surface area (Å²) in [5.74, 6) is 1.35. The quantitative estimate of drug-likeness (QED) is 0.764. The average molecular weight is 343 g/mol. The van der Waals surface area contributed by atoms with Gasteiger partial charge in [-0.2, -0.15) is 0 Å². The molecule has 6 heteroatoms. The van der Waals surface area contributed by atoms with Gasteiger partial charge in [-0.15, -0.1) is 0 Å². The van der Waals surface area contributed by atoms with Gasteiger partial charge in [-0.25, -0.2) is 0 Å². The molecule has 0 bridgehead atoms. The van der Waals surface area contributed by atoms with E-state index in [0.717, 1.165) is 16.5 Å². The Morgan fingerprint density at radius 2 is 1.79 bits per heavy atom. The van der Waals surface area contributed by atoms with Crippen molar-refractivity contribution < 1.29 is 9.47 Å². The highest BCUT2D eigenvalue weighted by Crippen LogP contribution is 2.35. The molecule has 0 fully saturated rings. The molecule has 2 N–H and O–H groups in total. The number of ether oxygens (including phenoxy) is 2. The molecular weight excluding hydrogens is 328 g/mol. The Morgan fingerprint density at radius 1 is 1.04 bits per heavy atom. The van der Waals surface area contributed by atoms with Gasteiger partial charge in [0, 0.05) is 35.1 Å². The van der Waals surface area contributed by atoms with Crippen molar-refractivity contribution in [2.24, 2.45) is 0 Å². The zero-order valence-corrected chi connectivity index (χ0v) is 13.5. The number of H-pyrrole nitrogens is 1. The molecule has 0 spiro atoms. The summed E-state index contributed by atoms with van der Waals surface area (Å²) in [7, 11) is 0. The Labute approximate surface area is 143 Å². The van der Waals surface area contributed by atoms with Gasteiger partial charge in [0.2, 0.25) is 6.79 Å². The molecule has 0 atom stereocenters. The van der Waals surface area contributed by atoms with E-state index >= 15 is 0 Å². The standard InChI is InChI=1S/C18H15ClN2O3/c19-14-4-2-1-3-11(14)8-20-9-13-5-12-6-16-17(24-10-23-16)7-15(12)21-18(13)22/h1-7,20H,8-10H2,(H,21,22). The first kappa shape index (κ1) is 15.1. The van der Waals surface area contributed by atoms with Crippen molar-refractivity contribution in [3.63, 3.8) is 0 Å². The molecule has 2 aromatic carbocycles. The van der Waals surface area contributed by atoms with Crippen molar-refractivity contribution in [2.75, 3.05) is 6.79 Å². The largest absolute Gasteiger partial charge is 0.454 e. The summed E-state index contributed by atoms with van der Waals surface area (Å²) in [5.41, 5.74) is 2.28. The maximum absolute atomic E-state index is 12.2. The second kappa shape index (κ2) is 6.19. The Hall–Kier alpha value is -2.50. The molecular formula is C18H15ClN2O3. The van der Waals surface area contributed by atoms with Crippen LogP contribution in [0.3, 0.4) is 0 Å². The highest BCUT2D eigenvalue weighted by Gasteiger charge is 2.15. The summed E-state index contributed by atoms with van der Waals surface area (Å²) in [6.07, 6.45) is 0. The van der Waals surface area contributed by atoms with Crippen LogP contribution in [-0.2, 0) is 13.1 Å². The van der Waals surface area contributed by atoms with Gasteiger partial charge >= 0.3 is 0 Å². The zero-order chi connectivity index (χ0) is 16.5. The molecule has 0 unspecified atom stereocenters. The monoisotopic (exact) mass is 342 g/mol. The average Bonchev–Trinajstić information content (AvgIpc) is 3.02. The summed E-state index contributed by atoms with van der Waals surface area (Å²) >= 11 is 6.14. The second-order valence-corrected chi connectivity index (χ2v) is 6.02. The van der Waals surface area contributed by atoms with E-state index in [1.165, 1.54) is 0 Å². The van der Waals surface area contributed by atoms with Gasteiger partial charge in [-0.3, -0.25) is 4.79 Å². The third-order valence-electron chi connectivity index (χ3n) is 4.00. The van der Waals surface area contributed by atoms with Crippen molar-refractivity contribution in [3.05, 3.63) is 69.0 Å². The molecule has 0 aliphatic carbocycles. The van der Waals surface area contributed by atoms with Crippen LogP contribution in [-0.4, -0.2) is 11.8 Å². The smallest absolute Gasteiger partial charge is 0.252 e. The molecule has 1 aliphatic rings. The van der Waals surface area contributed by atoms with E-state index in [1.54, 1.807) is 6.07 Å². The summed E-state index contributed by atoms with van der Waals surface area (Å²) in [6.45, 7) is 1.26. The number of benzene rings is 2. The number of hydrogen-bond donors (Lipinski definition) is 2. The molecule has 1 aromatic heterocycles. The minimum Gasteiger partial charge on any atom is -0.454 e. The van der Waals surface area contributed by atoms with Gasteiger partial charge < -0.3 is 19.8 Å². The van der Waals surface area contributed by atoms with Gasteiger partial charge in [0.05, 0.1) is 5.52 Å². The van der Waals surface area contributed by atoms with Gasteiger partial charge in [0.15, 0.2) is 11.5 Å². The number of pyridine rings is 1. The van der Waals surface area contributed by atoms with Gasteiger partial charge in [0.1, 0.15) is 0 Å². The summed E-state index contributed by atoms with van der Waals surface area (Å²) in [4.78, 5) is 15.1. The van der Waals surface area contributed by atoms with E-state index in [-0.39, 0.29) is 12.4 Å². The molecule has 2 heterocycles. The van der Waals surface area contributed by atoms with Gasteiger partial charge in [0.25, 0.3) is 5.56 Å². The molecule has 3 aromatic rings. The number of aromatic nitrogens is 1. The number of hydrogen-bond acceptors (Lipinski definition) is 4. The molecule has 24 heavy (non-hydrogen) atoms. The van der Waals surface area contributed by atoms with E-state index in [2.05, 4.69) is 10.3 Å². The van der Waals surface area contributed by atoms with Gasteiger partial charge in [-0.1, -0.05) is 29.8 Å². The molecule has 0 saturated heterocycles. The van der Waals surface area contributed by atoms with Crippen molar-refractivity contribution >= 4 is 22.5 Å². The molecule has 4 rings (SSSR count). The first-order chi connectivity index (χ1) is 11.7. The third kappa shape index (κ3) is 2.84. The molecule has 0 saturated carbocycles. The maximum Gasteiger partial charge on any atom is 0.252 e. The Kier molecular flexibility index (Phi) is 3.88. The Balaban J connectivity index is 1.56. The van der Waals surface area contributed by atoms with Crippen LogP contribution in [0.1, 0.15) is 11.1 Å². The van der Waals surface area contributed by atoms with E-state index in [9.17, 15) is 4.79 Å². The van der Waals surface area contributed by atoms with Crippen molar-refractivity contribution in [3.8, 4) is 11.5 Å². The van der Waals surface area contributed by atoms with Crippen molar-refractivity contribution in [1.82, 2.24) is 10.3 Å². The lowest BCUT2D eigenvalue weighted by Crippen LogP contribution is -2.20. The zero-order valence-electron chi connectivity index (χ0n) is 12.8. The van der Waals surface area contributed by atoms with E-state index in [1.807, 2.05) is 36.4 Å². The van der Waals surface area contributed by atoms with Gasteiger partial charge in [-0.05, 0) is 23.8 Å². The molecule has 5 nitrogen and oxygen atoms in total. The number of halogens is 1. The van der Waals surface area contributed by atoms with Crippen LogP contribution in [0.15, 0.2) is 47.3 Å². The van der Waals surface area contributed by atoms with Crippen LogP contribution in [0.25, 0.3) is 10.9 Å². The lowest BCUT2D eigenvalue weighted by atomic mass is 10.1. The lowest BCUT2D eigenvalue weighted by Gasteiger charge is -2.08. The van der Waals surface area contributed by atoms with Crippen LogP contribution < -0.4 is 20.3 Å². The predicted molar refractivity (Wildman–Crippen MR) is 92.7 cm³/mol. The van der Waals surface area contributed by atoms with Crippen LogP contribution in [0.4, 0.5) is 0 Å². The Bertz CT molecular complexity index is 968. The summed E-state index contributed by atoms with van der Waals surface area (Å²) < 4.78 is 10.7. The molecule has 122 valence electrons. The SMILES string of the molecule is O=c1[nH]c2cc3c(cc2cc1CNCc1ccccc1Cl)OCO3. The van der Waals surface area contributed by atoms with Crippen LogP contribution in [0.5, 0.6) is 11.5 Å². The maximum atomic E-state index is 12.2. The fourth-order valence-corrected chi connectivity index (χ4v) is 2.95. The van der Waals surface area contributed by atoms with Crippen LogP contribution in [0, 0.1) is 0 Å². The van der Waals surface area contributed by atoms with E-state index in [0.29, 0.717) is 35.2 Å². The van der Waals surface area contributed by atoms with E-state index < -0.39 is 0 Å². The minimum atomic E-state index is -0.118. The third-order valence-corrected chi connectivity index (χ3v) is 4.37. The van der Waals surface area contributed by atoms with Crippen molar-refractivity contribution in [2.45, 2.75) is 13.1 Å². The van der Waals surface area contributed by atoms with E-state index in [4.69, 9.17) is 21.1 Å². The predicted octanol–water partition coefficient (Wildman–Crippen LogP) is 3.20. The fraction of sp³-hybridized carbons (Fsp3) is 0.167. The lowest BCUT2D eigenvalue weighted by molar-refractivity contribution is 0.174. The number of nitrogens with one attached hydrogen (secondary N) is 2. The first-order valence-electron chi connectivity index (χ1n) is 7.60. The molecule has 0 amide bonds. The fourth-order valence-electron chi connectivity index (χ4n) is 2.75. The van der Waals surface area contributed by atoms with Crippen LogP contribution >= 0.6 is 11.6 Å². The van der Waals surface area contributed by atoms with Crippen LogP contribution in [0.2, 0.25) is 5.02 Å². The Morgan fingerprint density at radius 3 is 2.62 bits per heavy atom. The highest BCUT2D eigenvalue weighted by molar-refractivity contribution is 6.31. The van der Waals surface area contributed by atoms with Crippen molar-refractivity contribution in [1.29, 1.82) is 0 Å². The summed E-state index contributed by atoms with van der Waals surface area (Å²) in [5, 5.41) is 4.88. The minimum absolute atomic E-state index is 0.118. The highest BCUT2D eigenvalue weighted by atomic mass is 35.5.